The number of carbonyl (C=O) groups is 1. The topological polar surface area (TPSA) is 58.6 Å². The Morgan fingerprint density at radius 3 is 2.64 bits per heavy atom. The number of pyridine rings is 2. The quantitative estimate of drug-likeness (QED) is 0.857. The predicted molar refractivity (Wildman–Crippen MR) is 93.7 cm³/mol. The molecule has 0 aromatic carbocycles. The van der Waals surface area contributed by atoms with E-state index in [0.29, 0.717) is 17.2 Å². The van der Waals surface area contributed by atoms with Crippen LogP contribution in [0.4, 0.5) is 0 Å². The van der Waals surface area contributed by atoms with E-state index in [1.165, 1.54) is 12.8 Å². The van der Waals surface area contributed by atoms with Gasteiger partial charge in [-0.15, -0.1) is 0 Å². The Morgan fingerprint density at radius 2 is 1.92 bits per heavy atom. The SMILES string of the molecule is O=C(c1ccc(Oc2cccnc2)cn1)N1CCCN(C2CC2)CC1. The summed E-state index contributed by atoms with van der Waals surface area (Å²) in [5.74, 6) is 1.25. The van der Waals surface area contributed by atoms with Gasteiger partial charge in [-0.3, -0.25) is 14.7 Å². The summed E-state index contributed by atoms with van der Waals surface area (Å²) in [5, 5.41) is 0. The average Bonchev–Trinajstić information content (AvgIpc) is 3.49. The Kier molecular flexibility index (Phi) is 4.61. The lowest BCUT2D eigenvalue weighted by molar-refractivity contribution is 0.0755. The molecule has 1 aliphatic heterocycles. The number of ether oxygens (including phenoxy) is 1. The first-order valence-electron chi connectivity index (χ1n) is 8.87. The summed E-state index contributed by atoms with van der Waals surface area (Å²) in [6.45, 7) is 3.65. The van der Waals surface area contributed by atoms with Gasteiger partial charge in [-0.2, -0.15) is 0 Å². The lowest BCUT2D eigenvalue weighted by Crippen LogP contribution is -2.36. The van der Waals surface area contributed by atoms with Crippen molar-refractivity contribution in [3.05, 3.63) is 48.5 Å². The predicted octanol–water partition coefficient (Wildman–Crippen LogP) is 2.58. The van der Waals surface area contributed by atoms with Crippen LogP contribution in [0.15, 0.2) is 42.9 Å². The van der Waals surface area contributed by atoms with Gasteiger partial charge >= 0.3 is 0 Å². The number of amides is 1. The van der Waals surface area contributed by atoms with Crippen LogP contribution in [0.3, 0.4) is 0 Å². The fourth-order valence-electron chi connectivity index (χ4n) is 3.22. The van der Waals surface area contributed by atoms with Crippen molar-refractivity contribution in [3.8, 4) is 11.5 Å². The van der Waals surface area contributed by atoms with Crippen LogP contribution in [0.5, 0.6) is 11.5 Å². The molecule has 4 rings (SSSR count). The van der Waals surface area contributed by atoms with Crippen LogP contribution < -0.4 is 4.74 Å². The molecule has 2 aliphatic rings. The van der Waals surface area contributed by atoms with Crippen LogP contribution in [0.25, 0.3) is 0 Å². The highest BCUT2D eigenvalue weighted by molar-refractivity contribution is 5.92. The lowest BCUT2D eigenvalue weighted by Gasteiger charge is -2.21. The third-order valence-corrected chi connectivity index (χ3v) is 4.71. The highest BCUT2D eigenvalue weighted by Crippen LogP contribution is 2.27. The zero-order chi connectivity index (χ0) is 17.1. The highest BCUT2D eigenvalue weighted by atomic mass is 16.5. The normalized spacial score (nSPS) is 18.6. The zero-order valence-corrected chi connectivity index (χ0v) is 14.2. The third kappa shape index (κ3) is 3.96. The zero-order valence-electron chi connectivity index (χ0n) is 14.2. The van der Waals surface area contributed by atoms with Crippen molar-refractivity contribution in [1.82, 2.24) is 19.8 Å². The maximum absolute atomic E-state index is 12.7. The molecule has 0 radical (unpaired) electrons. The molecule has 3 heterocycles. The molecule has 6 heteroatoms. The molecule has 6 nitrogen and oxygen atoms in total. The molecule has 2 fully saturated rings. The first-order chi connectivity index (χ1) is 12.3. The molecule has 0 bridgehead atoms. The second-order valence-corrected chi connectivity index (χ2v) is 6.58. The van der Waals surface area contributed by atoms with Crippen molar-refractivity contribution in [2.24, 2.45) is 0 Å². The van der Waals surface area contributed by atoms with Gasteiger partial charge in [-0.05, 0) is 43.5 Å². The van der Waals surface area contributed by atoms with Gasteiger partial charge in [-0.1, -0.05) is 0 Å². The van der Waals surface area contributed by atoms with Crippen molar-refractivity contribution < 1.29 is 9.53 Å². The van der Waals surface area contributed by atoms with E-state index in [4.69, 9.17) is 4.74 Å². The van der Waals surface area contributed by atoms with Crippen LogP contribution >= 0.6 is 0 Å². The van der Waals surface area contributed by atoms with Crippen molar-refractivity contribution in [3.63, 3.8) is 0 Å². The van der Waals surface area contributed by atoms with Crippen molar-refractivity contribution in [2.75, 3.05) is 26.2 Å². The number of carbonyl (C=O) groups excluding carboxylic acids is 1. The monoisotopic (exact) mass is 338 g/mol. The maximum atomic E-state index is 12.7. The van der Waals surface area contributed by atoms with Gasteiger partial charge in [0.05, 0.1) is 12.4 Å². The second-order valence-electron chi connectivity index (χ2n) is 6.58. The van der Waals surface area contributed by atoms with Gasteiger partial charge in [0.15, 0.2) is 0 Å². The third-order valence-electron chi connectivity index (χ3n) is 4.71. The molecule has 2 aromatic rings. The summed E-state index contributed by atoms with van der Waals surface area (Å²) < 4.78 is 5.67. The van der Waals surface area contributed by atoms with Gasteiger partial charge in [0.25, 0.3) is 5.91 Å². The lowest BCUT2D eigenvalue weighted by atomic mass is 10.3. The molecule has 0 atom stereocenters. The van der Waals surface area contributed by atoms with Crippen molar-refractivity contribution in [1.29, 1.82) is 0 Å². The second kappa shape index (κ2) is 7.19. The Labute approximate surface area is 147 Å². The van der Waals surface area contributed by atoms with E-state index in [2.05, 4.69) is 14.9 Å². The first-order valence-corrected chi connectivity index (χ1v) is 8.87. The van der Waals surface area contributed by atoms with Gasteiger partial charge in [0, 0.05) is 38.4 Å². The number of nitrogens with zero attached hydrogens (tertiary/aromatic N) is 4. The van der Waals surface area contributed by atoms with E-state index in [0.717, 1.165) is 38.6 Å². The average molecular weight is 338 g/mol. The van der Waals surface area contributed by atoms with E-state index >= 15 is 0 Å². The Morgan fingerprint density at radius 1 is 1.04 bits per heavy atom. The first kappa shape index (κ1) is 16.0. The molecular weight excluding hydrogens is 316 g/mol. The Hall–Kier alpha value is -2.47. The number of hydrogen-bond acceptors (Lipinski definition) is 5. The Bertz CT molecular complexity index is 716. The summed E-state index contributed by atoms with van der Waals surface area (Å²) in [4.78, 5) is 25.5. The Balaban J connectivity index is 1.38. The van der Waals surface area contributed by atoms with Crippen LogP contribution in [0, 0.1) is 0 Å². The number of rotatable bonds is 4. The van der Waals surface area contributed by atoms with Crippen LogP contribution in [-0.4, -0.2) is 57.9 Å². The van der Waals surface area contributed by atoms with Crippen LogP contribution in [-0.2, 0) is 0 Å². The van der Waals surface area contributed by atoms with E-state index < -0.39 is 0 Å². The van der Waals surface area contributed by atoms with Gasteiger partial charge in [-0.25, -0.2) is 4.98 Å². The van der Waals surface area contributed by atoms with E-state index in [1.807, 2.05) is 17.0 Å². The molecule has 0 spiro atoms. The molecule has 25 heavy (non-hydrogen) atoms. The minimum absolute atomic E-state index is 0.00516. The summed E-state index contributed by atoms with van der Waals surface area (Å²) in [7, 11) is 0. The van der Waals surface area contributed by atoms with Crippen LogP contribution in [0.1, 0.15) is 29.8 Å². The maximum Gasteiger partial charge on any atom is 0.272 e. The highest BCUT2D eigenvalue weighted by Gasteiger charge is 2.31. The molecule has 2 aromatic heterocycles. The van der Waals surface area contributed by atoms with Gasteiger partial charge < -0.3 is 9.64 Å². The van der Waals surface area contributed by atoms with E-state index in [-0.39, 0.29) is 5.91 Å². The van der Waals surface area contributed by atoms with Crippen LogP contribution in [0.2, 0.25) is 0 Å². The fraction of sp³-hybridized carbons (Fsp3) is 0.421. The molecular formula is C19H22N4O2. The van der Waals surface area contributed by atoms with Gasteiger partial charge in [0.2, 0.25) is 0 Å². The standard InChI is InChI=1S/C19H22N4O2/c24-19(23-10-2-9-22(11-12-23)15-4-5-15)18-7-6-17(14-21-18)25-16-3-1-8-20-13-16/h1,3,6-8,13-15H,2,4-5,9-12H2. The van der Waals surface area contributed by atoms with E-state index in [9.17, 15) is 4.79 Å². The molecule has 1 saturated carbocycles. The van der Waals surface area contributed by atoms with Gasteiger partial charge in [0.1, 0.15) is 17.2 Å². The minimum atomic E-state index is 0.00516. The summed E-state index contributed by atoms with van der Waals surface area (Å²) in [6.07, 6.45) is 8.58. The molecule has 0 N–H and O–H groups in total. The largest absolute Gasteiger partial charge is 0.454 e. The van der Waals surface area contributed by atoms with E-state index in [1.54, 1.807) is 30.7 Å². The summed E-state index contributed by atoms with van der Waals surface area (Å²) in [6, 6.07) is 7.91. The molecule has 0 unspecified atom stereocenters. The summed E-state index contributed by atoms with van der Waals surface area (Å²) >= 11 is 0. The molecule has 130 valence electrons. The molecule has 1 amide bonds. The van der Waals surface area contributed by atoms with Crippen molar-refractivity contribution >= 4 is 5.91 Å². The molecule has 1 aliphatic carbocycles. The van der Waals surface area contributed by atoms with Crippen molar-refractivity contribution in [2.45, 2.75) is 25.3 Å². The smallest absolute Gasteiger partial charge is 0.272 e. The molecule has 1 saturated heterocycles. The minimum Gasteiger partial charge on any atom is -0.454 e. The fourth-order valence-corrected chi connectivity index (χ4v) is 3.22. The summed E-state index contributed by atoms with van der Waals surface area (Å²) in [5.41, 5.74) is 0.471. The number of aromatic nitrogens is 2. The number of hydrogen-bond donors (Lipinski definition) is 0.